The normalized spacial score (nSPS) is 26.8. The molecular weight excluding hydrogens is 208 g/mol. The Kier molecular flexibility index (Phi) is 2.30. The van der Waals surface area contributed by atoms with E-state index in [1.54, 1.807) is 0 Å². The molecule has 0 aliphatic heterocycles. The molecule has 3 rings (SSSR count). The van der Waals surface area contributed by atoms with Crippen LogP contribution >= 0.6 is 0 Å². The summed E-state index contributed by atoms with van der Waals surface area (Å²) in [6, 6.07) is 18.5. The van der Waals surface area contributed by atoms with Crippen LogP contribution in [0.5, 0.6) is 0 Å². The van der Waals surface area contributed by atoms with Gasteiger partial charge in [0.1, 0.15) is 0 Å². The van der Waals surface area contributed by atoms with Crippen molar-refractivity contribution >= 4 is 0 Å². The summed E-state index contributed by atoms with van der Waals surface area (Å²) in [6.45, 7) is 2.06. The van der Waals surface area contributed by atoms with Crippen LogP contribution in [-0.2, 0) is 5.60 Å². The van der Waals surface area contributed by atoms with E-state index in [0.29, 0.717) is 0 Å². The molecule has 0 spiro atoms. The van der Waals surface area contributed by atoms with Gasteiger partial charge in [0, 0.05) is 5.92 Å². The Hall–Kier alpha value is -1.60. The van der Waals surface area contributed by atoms with Crippen LogP contribution in [0, 0.1) is 6.92 Å². The van der Waals surface area contributed by atoms with E-state index in [9.17, 15) is 5.11 Å². The number of aryl methyl sites for hydroxylation is 1. The molecule has 17 heavy (non-hydrogen) atoms. The molecule has 2 aromatic carbocycles. The second-order valence-electron chi connectivity index (χ2n) is 4.96. The van der Waals surface area contributed by atoms with Crippen molar-refractivity contribution in [3.8, 4) is 0 Å². The third kappa shape index (κ3) is 1.77. The molecule has 2 unspecified atom stereocenters. The first-order valence-corrected chi connectivity index (χ1v) is 6.04. The van der Waals surface area contributed by atoms with Gasteiger partial charge in [0.05, 0.1) is 5.60 Å². The lowest BCUT2D eigenvalue weighted by atomic mass is 10.0. The minimum Gasteiger partial charge on any atom is -0.384 e. The van der Waals surface area contributed by atoms with Crippen molar-refractivity contribution in [3.63, 3.8) is 0 Å². The zero-order chi connectivity index (χ0) is 11.9. The van der Waals surface area contributed by atoms with Gasteiger partial charge in [0.25, 0.3) is 0 Å². The van der Waals surface area contributed by atoms with E-state index in [0.717, 1.165) is 12.0 Å². The highest BCUT2D eigenvalue weighted by Crippen LogP contribution is 2.58. The van der Waals surface area contributed by atoms with Crippen LogP contribution in [0.25, 0.3) is 0 Å². The number of benzene rings is 2. The van der Waals surface area contributed by atoms with Gasteiger partial charge in [-0.15, -0.1) is 0 Å². The molecule has 1 heteroatoms. The van der Waals surface area contributed by atoms with Gasteiger partial charge in [0.15, 0.2) is 0 Å². The molecule has 1 nitrogen and oxygen atoms in total. The maximum absolute atomic E-state index is 10.6. The Morgan fingerprint density at radius 1 is 1.00 bits per heavy atom. The van der Waals surface area contributed by atoms with Gasteiger partial charge in [-0.05, 0) is 24.5 Å². The van der Waals surface area contributed by atoms with E-state index in [1.165, 1.54) is 11.1 Å². The second-order valence-corrected chi connectivity index (χ2v) is 4.96. The Bertz CT molecular complexity index is 515. The van der Waals surface area contributed by atoms with Crippen molar-refractivity contribution in [1.29, 1.82) is 0 Å². The molecule has 1 saturated carbocycles. The summed E-state index contributed by atoms with van der Waals surface area (Å²) in [7, 11) is 0. The lowest BCUT2D eigenvalue weighted by Gasteiger charge is -2.11. The Labute approximate surface area is 102 Å². The first-order valence-electron chi connectivity index (χ1n) is 6.04. The van der Waals surface area contributed by atoms with E-state index < -0.39 is 5.60 Å². The molecule has 1 aliphatic rings. The molecule has 0 bridgehead atoms. The highest BCUT2D eigenvalue weighted by molar-refractivity contribution is 5.40. The third-order valence-corrected chi connectivity index (χ3v) is 3.69. The number of hydrogen-bond acceptors (Lipinski definition) is 1. The molecule has 86 valence electrons. The quantitative estimate of drug-likeness (QED) is 0.829. The first kappa shape index (κ1) is 10.5. The Morgan fingerprint density at radius 3 is 2.29 bits per heavy atom. The highest BCUT2D eigenvalue weighted by atomic mass is 16.3. The molecule has 0 saturated heterocycles. The average molecular weight is 224 g/mol. The van der Waals surface area contributed by atoms with Crippen LogP contribution < -0.4 is 0 Å². The van der Waals surface area contributed by atoms with Crippen LogP contribution in [0.2, 0.25) is 0 Å². The van der Waals surface area contributed by atoms with Crippen molar-refractivity contribution in [3.05, 3.63) is 71.3 Å². The van der Waals surface area contributed by atoms with Crippen LogP contribution in [0.4, 0.5) is 0 Å². The van der Waals surface area contributed by atoms with Gasteiger partial charge in [-0.25, -0.2) is 0 Å². The molecule has 1 N–H and O–H groups in total. The summed E-state index contributed by atoms with van der Waals surface area (Å²) in [5.74, 6) is 0.256. The predicted molar refractivity (Wildman–Crippen MR) is 68.9 cm³/mol. The average Bonchev–Trinajstić information content (AvgIpc) is 3.05. The van der Waals surface area contributed by atoms with Crippen LogP contribution in [0.1, 0.15) is 29.0 Å². The Balaban J connectivity index is 1.89. The maximum Gasteiger partial charge on any atom is 0.0972 e. The Morgan fingerprint density at radius 2 is 1.65 bits per heavy atom. The van der Waals surface area contributed by atoms with Crippen molar-refractivity contribution < 1.29 is 5.11 Å². The summed E-state index contributed by atoms with van der Waals surface area (Å²) in [6.07, 6.45) is 0.833. The largest absolute Gasteiger partial charge is 0.384 e. The number of aliphatic hydroxyl groups is 1. The summed E-state index contributed by atoms with van der Waals surface area (Å²) in [5, 5.41) is 10.6. The summed E-state index contributed by atoms with van der Waals surface area (Å²) in [5.41, 5.74) is 2.86. The molecule has 2 aromatic rings. The lowest BCUT2D eigenvalue weighted by molar-refractivity contribution is 0.144. The zero-order valence-corrected chi connectivity index (χ0v) is 9.93. The van der Waals surface area contributed by atoms with Crippen molar-refractivity contribution in [2.45, 2.75) is 24.9 Å². The maximum atomic E-state index is 10.6. The van der Waals surface area contributed by atoms with Crippen molar-refractivity contribution in [2.24, 2.45) is 0 Å². The van der Waals surface area contributed by atoms with E-state index in [4.69, 9.17) is 0 Å². The smallest absolute Gasteiger partial charge is 0.0972 e. The van der Waals surface area contributed by atoms with Crippen molar-refractivity contribution in [1.82, 2.24) is 0 Å². The lowest BCUT2D eigenvalue weighted by Crippen LogP contribution is -2.07. The fraction of sp³-hybridized carbons (Fsp3) is 0.250. The second kappa shape index (κ2) is 3.71. The standard InChI is InChI=1S/C16H16O/c1-12-7-9-14(10-8-12)16(17)11-15(16)13-5-3-2-4-6-13/h2-10,15,17H,11H2,1H3. The molecule has 0 amide bonds. The van der Waals surface area contributed by atoms with Gasteiger partial charge in [-0.1, -0.05) is 60.2 Å². The van der Waals surface area contributed by atoms with Gasteiger partial charge >= 0.3 is 0 Å². The number of rotatable bonds is 2. The third-order valence-electron chi connectivity index (χ3n) is 3.69. The van der Waals surface area contributed by atoms with Gasteiger partial charge in [-0.3, -0.25) is 0 Å². The SMILES string of the molecule is Cc1ccc(C2(O)CC2c2ccccc2)cc1. The minimum absolute atomic E-state index is 0.256. The van der Waals surface area contributed by atoms with Gasteiger partial charge < -0.3 is 5.11 Å². The van der Waals surface area contributed by atoms with E-state index in [2.05, 4.69) is 31.2 Å². The van der Waals surface area contributed by atoms with Crippen LogP contribution in [0.15, 0.2) is 54.6 Å². The van der Waals surface area contributed by atoms with E-state index in [1.807, 2.05) is 30.3 Å². The highest BCUT2D eigenvalue weighted by Gasteiger charge is 2.54. The van der Waals surface area contributed by atoms with E-state index >= 15 is 0 Å². The number of hydrogen-bond donors (Lipinski definition) is 1. The topological polar surface area (TPSA) is 20.2 Å². The van der Waals surface area contributed by atoms with Crippen LogP contribution in [-0.4, -0.2) is 5.11 Å². The molecule has 2 atom stereocenters. The summed E-state index contributed by atoms with van der Waals surface area (Å²) >= 11 is 0. The summed E-state index contributed by atoms with van der Waals surface area (Å²) in [4.78, 5) is 0. The fourth-order valence-electron chi connectivity index (χ4n) is 2.49. The molecular formula is C16H16O. The van der Waals surface area contributed by atoms with Gasteiger partial charge in [-0.2, -0.15) is 0 Å². The fourth-order valence-corrected chi connectivity index (χ4v) is 2.49. The molecule has 0 heterocycles. The van der Waals surface area contributed by atoms with Crippen molar-refractivity contribution in [2.75, 3.05) is 0 Å². The molecule has 1 aliphatic carbocycles. The molecule has 0 radical (unpaired) electrons. The minimum atomic E-state index is -0.644. The van der Waals surface area contributed by atoms with Crippen LogP contribution in [0.3, 0.4) is 0 Å². The predicted octanol–water partition coefficient (Wildman–Crippen LogP) is 3.37. The van der Waals surface area contributed by atoms with E-state index in [-0.39, 0.29) is 5.92 Å². The zero-order valence-electron chi connectivity index (χ0n) is 9.93. The summed E-state index contributed by atoms with van der Waals surface area (Å²) < 4.78 is 0. The molecule has 1 fully saturated rings. The first-order chi connectivity index (χ1) is 8.20. The molecule has 0 aromatic heterocycles. The monoisotopic (exact) mass is 224 g/mol. The van der Waals surface area contributed by atoms with Gasteiger partial charge in [0.2, 0.25) is 0 Å².